The molecule has 0 bridgehead atoms. The van der Waals surface area contributed by atoms with Crippen LogP contribution in [0.2, 0.25) is 0 Å². The summed E-state index contributed by atoms with van der Waals surface area (Å²) < 4.78 is 27.4. The number of carbonyl (C=O) groups excluding carboxylic acids is 1. The highest BCUT2D eigenvalue weighted by molar-refractivity contribution is 5.92. The van der Waals surface area contributed by atoms with Gasteiger partial charge >= 0.3 is 6.43 Å². The summed E-state index contributed by atoms with van der Waals surface area (Å²) in [5, 5.41) is 14.0. The van der Waals surface area contributed by atoms with E-state index in [9.17, 15) is 13.6 Å². The van der Waals surface area contributed by atoms with Crippen molar-refractivity contribution >= 4 is 22.6 Å². The van der Waals surface area contributed by atoms with Gasteiger partial charge in [-0.05, 0) is 12.1 Å². The Balaban J connectivity index is 1.77. The van der Waals surface area contributed by atoms with Gasteiger partial charge in [-0.25, -0.2) is 9.36 Å². The van der Waals surface area contributed by atoms with Crippen LogP contribution in [-0.2, 0) is 11.5 Å². The smallest absolute Gasteiger partial charge is 0.315 e. The lowest BCUT2D eigenvalue weighted by atomic mass is 10.3. The van der Waals surface area contributed by atoms with Crippen molar-refractivity contribution in [3.05, 3.63) is 36.7 Å². The normalized spacial score (nSPS) is 11.2. The lowest BCUT2D eigenvalue weighted by Gasteiger charge is -2.02. The van der Waals surface area contributed by atoms with Crippen LogP contribution < -0.4 is 5.32 Å². The zero-order valence-electron chi connectivity index (χ0n) is 10.6. The van der Waals surface area contributed by atoms with E-state index in [2.05, 4.69) is 20.7 Å². The highest BCUT2D eigenvalue weighted by atomic mass is 19.3. The highest BCUT2D eigenvalue weighted by Crippen LogP contribution is 2.11. The van der Waals surface area contributed by atoms with Crippen molar-refractivity contribution in [1.29, 1.82) is 0 Å². The van der Waals surface area contributed by atoms with Crippen LogP contribution in [0.4, 0.5) is 14.5 Å². The molecule has 3 aromatic rings. The van der Waals surface area contributed by atoms with Crippen LogP contribution in [0.25, 0.3) is 11.0 Å². The maximum atomic E-state index is 12.1. The van der Waals surface area contributed by atoms with Gasteiger partial charge in [0, 0.05) is 0 Å². The summed E-state index contributed by atoms with van der Waals surface area (Å²) in [6, 6.07) is 7.40. The Morgan fingerprint density at radius 2 is 2.14 bits per heavy atom. The molecule has 0 spiro atoms. The van der Waals surface area contributed by atoms with Gasteiger partial charge in [-0.15, -0.1) is 5.10 Å². The number of anilines is 1. The lowest BCUT2D eigenvalue weighted by Crippen LogP contribution is -2.19. The zero-order valence-corrected chi connectivity index (χ0v) is 10.6. The SMILES string of the molecule is O=C(Nc1cnn(Cn2nnc3ccccc32)c1)C(F)F. The largest absolute Gasteiger partial charge is 0.318 e. The molecule has 0 aliphatic heterocycles. The van der Waals surface area contributed by atoms with E-state index in [1.54, 1.807) is 4.68 Å². The molecule has 1 amide bonds. The molecule has 0 saturated carbocycles. The Kier molecular flexibility index (Phi) is 3.30. The average Bonchev–Trinajstić information content (AvgIpc) is 3.07. The Morgan fingerprint density at radius 3 is 2.95 bits per heavy atom. The number of rotatable bonds is 4. The van der Waals surface area contributed by atoms with Crippen molar-refractivity contribution in [2.24, 2.45) is 0 Å². The number of hydrogen-bond donors (Lipinski definition) is 1. The van der Waals surface area contributed by atoms with Gasteiger partial charge in [0.1, 0.15) is 12.2 Å². The summed E-state index contributed by atoms with van der Waals surface area (Å²) in [5.74, 6) is -1.36. The summed E-state index contributed by atoms with van der Waals surface area (Å²) in [5.41, 5.74) is 1.77. The number of alkyl halides is 2. The molecule has 0 aliphatic carbocycles. The molecular weight excluding hydrogens is 282 g/mol. The number of benzene rings is 1. The van der Waals surface area contributed by atoms with E-state index < -0.39 is 12.3 Å². The monoisotopic (exact) mass is 292 g/mol. The number of nitrogens with zero attached hydrogens (tertiary/aromatic N) is 5. The first-order valence-corrected chi connectivity index (χ1v) is 6.03. The third-order valence-corrected chi connectivity index (χ3v) is 2.80. The summed E-state index contributed by atoms with van der Waals surface area (Å²) in [6.45, 7) is 0.255. The maximum absolute atomic E-state index is 12.1. The number of fused-ring (bicyclic) bond motifs is 1. The molecule has 21 heavy (non-hydrogen) atoms. The van der Waals surface area contributed by atoms with Crippen LogP contribution in [0.3, 0.4) is 0 Å². The van der Waals surface area contributed by atoms with E-state index in [0.29, 0.717) is 0 Å². The van der Waals surface area contributed by atoms with Crippen molar-refractivity contribution in [2.45, 2.75) is 13.1 Å². The molecular formula is C12H10F2N6O. The second kappa shape index (κ2) is 5.27. The standard InChI is InChI=1S/C12H10F2N6O/c13-11(14)12(21)16-8-5-15-19(6-8)7-20-10-4-2-1-3-9(10)17-18-20/h1-6,11H,7H2,(H,16,21). The van der Waals surface area contributed by atoms with Gasteiger partial charge in [0.25, 0.3) is 5.91 Å². The van der Waals surface area contributed by atoms with Crippen LogP contribution in [0, 0.1) is 0 Å². The topological polar surface area (TPSA) is 77.6 Å². The molecule has 3 rings (SSSR count). The third-order valence-electron chi connectivity index (χ3n) is 2.80. The summed E-state index contributed by atoms with van der Waals surface area (Å²) in [7, 11) is 0. The van der Waals surface area contributed by atoms with Gasteiger partial charge in [0.15, 0.2) is 0 Å². The quantitative estimate of drug-likeness (QED) is 0.787. The second-order valence-corrected chi connectivity index (χ2v) is 4.28. The van der Waals surface area contributed by atoms with E-state index in [-0.39, 0.29) is 12.4 Å². The van der Waals surface area contributed by atoms with Crippen molar-refractivity contribution in [3.63, 3.8) is 0 Å². The number of nitrogens with one attached hydrogen (secondary N) is 1. The average molecular weight is 292 g/mol. The van der Waals surface area contributed by atoms with Crippen LogP contribution in [0.1, 0.15) is 0 Å². The molecule has 0 fully saturated rings. The fraction of sp³-hybridized carbons (Fsp3) is 0.167. The Morgan fingerprint density at radius 1 is 1.33 bits per heavy atom. The Hall–Kier alpha value is -2.84. The lowest BCUT2D eigenvalue weighted by molar-refractivity contribution is -0.126. The Bertz CT molecular complexity index is 781. The molecule has 1 N–H and O–H groups in total. The molecule has 0 aliphatic rings. The molecule has 108 valence electrons. The van der Waals surface area contributed by atoms with Gasteiger partial charge in [0.2, 0.25) is 0 Å². The van der Waals surface area contributed by atoms with Crippen LogP contribution in [0.5, 0.6) is 0 Å². The van der Waals surface area contributed by atoms with Gasteiger partial charge in [0.05, 0.1) is 23.6 Å². The van der Waals surface area contributed by atoms with Crippen molar-refractivity contribution in [1.82, 2.24) is 24.8 Å². The molecule has 1 aromatic carbocycles. The number of hydrogen-bond acceptors (Lipinski definition) is 4. The fourth-order valence-corrected chi connectivity index (χ4v) is 1.86. The first-order chi connectivity index (χ1) is 10.1. The summed E-state index contributed by atoms with van der Waals surface area (Å²) in [6.07, 6.45) is -0.330. The zero-order chi connectivity index (χ0) is 14.8. The molecule has 0 atom stereocenters. The van der Waals surface area contributed by atoms with Crippen LogP contribution in [0.15, 0.2) is 36.7 Å². The molecule has 0 radical (unpaired) electrons. The second-order valence-electron chi connectivity index (χ2n) is 4.28. The summed E-state index contributed by atoms with van der Waals surface area (Å²) >= 11 is 0. The first kappa shape index (κ1) is 13.2. The molecule has 2 heterocycles. The number of para-hydroxylation sites is 1. The number of carbonyl (C=O) groups is 1. The van der Waals surface area contributed by atoms with Gasteiger partial charge < -0.3 is 5.32 Å². The van der Waals surface area contributed by atoms with Gasteiger partial charge in [-0.2, -0.15) is 13.9 Å². The minimum atomic E-state index is -3.06. The minimum absolute atomic E-state index is 0.199. The third kappa shape index (κ3) is 2.71. The molecule has 0 unspecified atom stereocenters. The van der Waals surface area contributed by atoms with Crippen molar-refractivity contribution in [3.8, 4) is 0 Å². The molecule has 7 nitrogen and oxygen atoms in total. The maximum Gasteiger partial charge on any atom is 0.315 e. The Labute approximate surface area is 117 Å². The molecule has 9 heteroatoms. The van der Waals surface area contributed by atoms with Crippen LogP contribution in [-0.4, -0.2) is 37.1 Å². The van der Waals surface area contributed by atoms with Crippen LogP contribution >= 0.6 is 0 Å². The highest BCUT2D eigenvalue weighted by Gasteiger charge is 2.15. The van der Waals surface area contributed by atoms with Crippen molar-refractivity contribution in [2.75, 3.05) is 5.32 Å². The number of halogens is 2. The molecule has 0 saturated heterocycles. The van der Waals surface area contributed by atoms with E-state index in [4.69, 9.17) is 0 Å². The van der Waals surface area contributed by atoms with Crippen molar-refractivity contribution < 1.29 is 13.6 Å². The molecule has 2 aromatic heterocycles. The summed E-state index contributed by atoms with van der Waals surface area (Å²) in [4.78, 5) is 10.9. The van der Waals surface area contributed by atoms with E-state index in [1.807, 2.05) is 24.3 Å². The van der Waals surface area contributed by atoms with Gasteiger partial charge in [-0.3, -0.25) is 4.79 Å². The number of amides is 1. The minimum Gasteiger partial charge on any atom is -0.318 e. The van der Waals surface area contributed by atoms with E-state index >= 15 is 0 Å². The van der Waals surface area contributed by atoms with E-state index in [0.717, 1.165) is 11.0 Å². The predicted molar refractivity (Wildman–Crippen MR) is 69.8 cm³/mol. The van der Waals surface area contributed by atoms with Gasteiger partial charge in [-0.1, -0.05) is 17.3 Å². The fourth-order valence-electron chi connectivity index (χ4n) is 1.86. The first-order valence-electron chi connectivity index (χ1n) is 6.03. The number of aromatic nitrogens is 5. The predicted octanol–water partition coefficient (Wildman–Crippen LogP) is 1.34. The van der Waals surface area contributed by atoms with E-state index in [1.165, 1.54) is 17.1 Å².